The van der Waals surface area contributed by atoms with Gasteiger partial charge in [0.1, 0.15) is 28.9 Å². The molecule has 1 aromatic carbocycles. The standard InChI is InChI=1S/C19H17ClN6O3S/c1-25-18(12-29-15-5-6-19(20)22-9-15)17(10-23-25)26-11-14(8-24-26)13-3-2-4-16(7-13)30(21,27)28/h2-11H,12H2,1H3,(H2,21,27,28). The van der Waals surface area contributed by atoms with Crippen LogP contribution in [0.1, 0.15) is 5.69 Å². The van der Waals surface area contributed by atoms with Crippen molar-refractivity contribution in [2.75, 3.05) is 0 Å². The van der Waals surface area contributed by atoms with Gasteiger partial charge in [-0.25, -0.2) is 23.2 Å². The van der Waals surface area contributed by atoms with Crippen LogP contribution in [0.5, 0.6) is 5.75 Å². The highest BCUT2D eigenvalue weighted by Gasteiger charge is 2.15. The minimum atomic E-state index is -3.79. The number of nitrogens with zero attached hydrogens (tertiary/aromatic N) is 5. The third-order valence-electron chi connectivity index (χ3n) is 4.44. The van der Waals surface area contributed by atoms with Gasteiger partial charge in [0.15, 0.2) is 0 Å². The van der Waals surface area contributed by atoms with Crippen molar-refractivity contribution in [1.82, 2.24) is 24.5 Å². The lowest BCUT2D eigenvalue weighted by molar-refractivity contribution is 0.293. The molecule has 0 bridgehead atoms. The molecule has 3 aromatic heterocycles. The smallest absolute Gasteiger partial charge is 0.238 e. The van der Waals surface area contributed by atoms with E-state index in [1.54, 1.807) is 58.4 Å². The van der Waals surface area contributed by atoms with Crippen LogP contribution in [0.3, 0.4) is 0 Å². The number of ether oxygens (including phenoxy) is 1. The second-order valence-corrected chi connectivity index (χ2v) is 8.40. The molecule has 0 unspecified atom stereocenters. The molecule has 4 rings (SSSR count). The van der Waals surface area contributed by atoms with E-state index in [1.165, 1.54) is 12.1 Å². The van der Waals surface area contributed by atoms with Crippen LogP contribution in [0.15, 0.2) is 66.1 Å². The fourth-order valence-electron chi connectivity index (χ4n) is 2.87. The summed E-state index contributed by atoms with van der Waals surface area (Å²) in [5, 5.41) is 14.3. The van der Waals surface area contributed by atoms with Crippen LogP contribution in [0, 0.1) is 0 Å². The van der Waals surface area contributed by atoms with Gasteiger partial charge >= 0.3 is 0 Å². The van der Waals surface area contributed by atoms with E-state index >= 15 is 0 Å². The molecular formula is C19H17ClN6O3S. The van der Waals surface area contributed by atoms with Gasteiger partial charge in [0.25, 0.3) is 0 Å². The number of halogens is 1. The van der Waals surface area contributed by atoms with Gasteiger partial charge in [0, 0.05) is 18.8 Å². The van der Waals surface area contributed by atoms with Crippen molar-refractivity contribution >= 4 is 21.6 Å². The first-order valence-corrected chi connectivity index (χ1v) is 10.7. The van der Waals surface area contributed by atoms with E-state index in [2.05, 4.69) is 15.2 Å². The molecule has 0 aliphatic rings. The van der Waals surface area contributed by atoms with E-state index in [9.17, 15) is 8.42 Å². The summed E-state index contributed by atoms with van der Waals surface area (Å²) in [5.74, 6) is 0.576. The molecule has 154 valence electrons. The van der Waals surface area contributed by atoms with Gasteiger partial charge in [-0.05, 0) is 29.8 Å². The van der Waals surface area contributed by atoms with Gasteiger partial charge in [-0.2, -0.15) is 10.2 Å². The van der Waals surface area contributed by atoms with Crippen molar-refractivity contribution in [3.8, 4) is 22.6 Å². The lowest BCUT2D eigenvalue weighted by atomic mass is 10.1. The van der Waals surface area contributed by atoms with Gasteiger partial charge in [0.2, 0.25) is 10.0 Å². The number of benzene rings is 1. The second-order valence-electron chi connectivity index (χ2n) is 6.45. The number of pyridine rings is 1. The molecule has 0 aliphatic heterocycles. The highest BCUT2D eigenvalue weighted by atomic mass is 35.5. The highest BCUT2D eigenvalue weighted by molar-refractivity contribution is 7.89. The zero-order chi connectivity index (χ0) is 21.3. The van der Waals surface area contributed by atoms with E-state index in [4.69, 9.17) is 21.5 Å². The monoisotopic (exact) mass is 444 g/mol. The van der Waals surface area contributed by atoms with Crippen molar-refractivity contribution in [3.63, 3.8) is 0 Å². The van der Waals surface area contributed by atoms with E-state index in [0.717, 1.165) is 16.9 Å². The van der Waals surface area contributed by atoms with Crippen LogP contribution in [-0.4, -0.2) is 33.0 Å². The summed E-state index contributed by atoms with van der Waals surface area (Å²) < 4.78 is 32.4. The Balaban J connectivity index is 1.61. The molecule has 0 saturated heterocycles. The van der Waals surface area contributed by atoms with E-state index in [1.807, 2.05) is 7.05 Å². The predicted octanol–water partition coefficient (Wildman–Crippen LogP) is 2.55. The van der Waals surface area contributed by atoms with Gasteiger partial charge in [0.05, 0.1) is 23.5 Å². The van der Waals surface area contributed by atoms with Gasteiger partial charge < -0.3 is 4.74 Å². The Morgan fingerprint density at radius 2 is 1.93 bits per heavy atom. The quantitative estimate of drug-likeness (QED) is 0.456. The van der Waals surface area contributed by atoms with Crippen LogP contribution in [0.4, 0.5) is 0 Å². The topological polar surface area (TPSA) is 118 Å². The molecule has 0 radical (unpaired) electrons. The number of hydrogen-bond donors (Lipinski definition) is 1. The van der Waals surface area contributed by atoms with Gasteiger partial charge in [-0.15, -0.1) is 0 Å². The van der Waals surface area contributed by atoms with E-state index in [-0.39, 0.29) is 11.5 Å². The zero-order valence-electron chi connectivity index (χ0n) is 15.8. The number of rotatable bonds is 6. The lowest BCUT2D eigenvalue weighted by Gasteiger charge is -2.08. The number of primary sulfonamides is 1. The predicted molar refractivity (Wildman–Crippen MR) is 111 cm³/mol. The largest absolute Gasteiger partial charge is 0.486 e. The number of aromatic nitrogens is 5. The number of sulfonamides is 1. The van der Waals surface area contributed by atoms with Crippen LogP contribution < -0.4 is 9.88 Å². The molecule has 0 amide bonds. The molecule has 30 heavy (non-hydrogen) atoms. The summed E-state index contributed by atoms with van der Waals surface area (Å²) in [5.41, 5.74) is 2.94. The summed E-state index contributed by atoms with van der Waals surface area (Å²) in [7, 11) is -1.98. The van der Waals surface area contributed by atoms with E-state index in [0.29, 0.717) is 16.5 Å². The summed E-state index contributed by atoms with van der Waals surface area (Å²) in [6.07, 6.45) is 6.65. The first-order valence-electron chi connectivity index (χ1n) is 8.75. The first kappa shape index (κ1) is 20.1. The Labute approximate surface area is 177 Å². The van der Waals surface area contributed by atoms with Crippen molar-refractivity contribution in [3.05, 3.63) is 72.0 Å². The van der Waals surface area contributed by atoms with Crippen LogP contribution in [0.2, 0.25) is 5.15 Å². The number of hydrogen-bond acceptors (Lipinski definition) is 6. The van der Waals surface area contributed by atoms with Crippen molar-refractivity contribution in [2.24, 2.45) is 12.2 Å². The molecule has 0 fully saturated rings. The summed E-state index contributed by atoms with van der Waals surface area (Å²) in [4.78, 5) is 4.03. The lowest BCUT2D eigenvalue weighted by Crippen LogP contribution is -2.11. The average Bonchev–Trinajstić information content (AvgIpc) is 3.34. The van der Waals surface area contributed by atoms with Gasteiger partial charge in [-0.3, -0.25) is 4.68 Å². The number of nitrogens with two attached hydrogens (primary N) is 1. The first-order chi connectivity index (χ1) is 14.3. The third-order valence-corrected chi connectivity index (χ3v) is 5.58. The molecule has 0 saturated carbocycles. The maximum Gasteiger partial charge on any atom is 0.238 e. The Morgan fingerprint density at radius 1 is 1.10 bits per heavy atom. The Hall–Kier alpha value is -3.21. The zero-order valence-corrected chi connectivity index (χ0v) is 17.4. The average molecular weight is 445 g/mol. The second kappa shape index (κ2) is 7.90. The van der Waals surface area contributed by atoms with Gasteiger partial charge in [-0.1, -0.05) is 23.7 Å². The highest BCUT2D eigenvalue weighted by Crippen LogP contribution is 2.24. The molecule has 11 heteroatoms. The Bertz CT molecular complexity index is 1300. The molecular weight excluding hydrogens is 428 g/mol. The Morgan fingerprint density at radius 3 is 2.67 bits per heavy atom. The summed E-state index contributed by atoms with van der Waals surface area (Å²) in [6.45, 7) is 0.241. The SMILES string of the molecule is Cn1ncc(-n2cc(-c3cccc(S(N)(=O)=O)c3)cn2)c1COc1ccc(Cl)nc1. The number of aryl methyl sites for hydroxylation is 1. The molecule has 0 aliphatic carbocycles. The fourth-order valence-corrected chi connectivity index (χ4v) is 3.54. The van der Waals surface area contributed by atoms with Crippen LogP contribution in [-0.2, 0) is 23.7 Å². The van der Waals surface area contributed by atoms with Crippen LogP contribution >= 0.6 is 11.6 Å². The molecule has 3 heterocycles. The molecule has 9 nitrogen and oxygen atoms in total. The summed E-state index contributed by atoms with van der Waals surface area (Å²) >= 11 is 5.80. The fraction of sp³-hybridized carbons (Fsp3) is 0.105. The third kappa shape index (κ3) is 4.20. The molecule has 2 N–H and O–H groups in total. The van der Waals surface area contributed by atoms with Crippen LogP contribution in [0.25, 0.3) is 16.8 Å². The Kier molecular flexibility index (Phi) is 5.29. The van der Waals surface area contributed by atoms with Crippen molar-refractivity contribution in [1.29, 1.82) is 0 Å². The molecule has 0 atom stereocenters. The summed E-state index contributed by atoms with van der Waals surface area (Å²) in [6, 6.07) is 9.77. The molecule has 0 spiro atoms. The van der Waals surface area contributed by atoms with Crippen molar-refractivity contribution < 1.29 is 13.2 Å². The molecule has 4 aromatic rings. The van der Waals surface area contributed by atoms with Crippen molar-refractivity contribution in [2.45, 2.75) is 11.5 Å². The maximum absolute atomic E-state index is 11.6. The minimum absolute atomic E-state index is 0.0415. The minimum Gasteiger partial charge on any atom is -0.486 e. The van der Waals surface area contributed by atoms with E-state index < -0.39 is 10.0 Å². The normalized spacial score (nSPS) is 11.6. The maximum atomic E-state index is 11.6.